The number of hydrogen-bond donors (Lipinski definition) is 1. The molecule has 0 bridgehead atoms. The fraction of sp³-hybridized carbons (Fsp3) is 0.500. The van der Waals surface area contributed by atoms with E-state index in [0.29, 0.717) is 22.9 Å². The molecule has 0 aliphatic heterocycles. The molecule has 1 aromatic rings. The molecule has 94 valence electrons. The Morgan fingerprint density at radius 3 is 2.53 bits per heavy atom. The summed E-state index contributed by atoms with van der Waals surface area (Å²) in [6.45, 7) is 0. The van der Waals surface area contributed by atoms with E-state index < -0.39 is 17.8 Å². The van der Waals surface area contributed by atoms with Crippen molar-refractivity contribution >= 4 is 11.6 Å². The molecule has 1 atom stereocenters. The van der Waals surface area contributed by atoms with Crippen molar-refractivity contribution in [2.75, 3.05) is 0 Å². The molecule has 0 aromatic heterocycles. The van der Waals surface area contributed by atoms with Gasteiger partial charge in [-0.15, -0.1) is 0 Å². The number of alkyl halides is 3. The Kier molecular flexibility index (Phi) is 3.36. The average molecular weight is 264 g/mol. The third-order valence-corrected chi connectivity index (χ3v) is 3.35. The minimum absolute atomic E-state index is 0.311. The van der Waals surface area contributed by atoms with E-state index in [1.807, 2.05) is 0 Å². The van der Waals surface area contributed by atoms with E-state index in [-0.39, 0.29) is 0 Å². The lowest BCUT2D eigenvalue weighted by Crippen LogP contribution is -2.14. The van der Waals surface area contributed by atoms with Crippen LogP contribution in [0.4, 0.5) is 13.2 Å². The van der Waals surface area contributed by atoms with Crippen molar-refractivity contribution < 1.29 is 13.2 Å². The maximum atomic E-state index is 12.6. The van der Waals surface area contributed by atoms with Crippen molar-refractivity contribution in [3.63, 3.8) is 0 Å². The second kappa shape index (κ2) is 4.50. The molecule has 2 N–H and O–H groups in total. The minimum Gasteiger partial charge on any atom is -0.324 e. The number of hydrogen-bond acceptors (Lipinski definition) is 1. The van der Waals surface area contributed by atoms with Crippen LogP contribution in [0, 0.1) is 5.92 Å². The fourth-order valence-corrected chi connectivity index (χ4v) is 2.10. The van der Waals surface area contributed by atoms with Gasteiger partial charge in [-0.2, -0.15) is 13.2 Å². The molecule has 2 rings (SSSR count). The number of halogens is 4. The van der Waals surface area contributed by atoms with E-state index in [2.05, 4.69) is 0 Å². The van der Waals surface area contributed by atoms with Gasteiger partial charge in [0.1, 0.15) is 0 Å². The highest BCUT2D eigenvalue weighted by Crippen LogP contribution is 2.39. The quantitative estimate of drug-likeness (QED) is 0.871. The van der Waals surface area contributed by atoms with E-state index in [4.69, 9.17) is 17.3 Å². The summed E-state index contributed by atoms with van der Waals surface area (Å²) in [5.41, 5.74) is 5.60. The van der Waals surface area contributed by atoms with Crippen LogP contribution in [0.3, 0.4) is 0 Å². The van der Waals surface area contributed by atoms with E-state index in [1.54, 1.807) is 0 Å². The Morgan fingerprint density at radius 2 is 2.00 bits per heavy atom. The Hall–Kier alpha value is -0.740. The molecule has 5 heteroatoms. The van der Waals surface area contributed by atoms with Crippen LogP contribution in [0.25, 0.3) is 0 Å². The van der Waals surface area contributed by atoms with Gasteiger partial charge in [0.25, 0.3) is 0 Å². The van der Waals surface area contributed by atoms with Gasteiger partial charge in [0, 0.05) is 11.1 Å². The van der Waals surface area contributed by atoms with Crippen LogP contribution in [0.2, 0.25) is 5.02 Å². The SMILES string of the molecule is N[C@@H](CC1CC1)c1cc(C(F)(F)F)ccc1Cl. The van der Waals surface area contributed by atoms with Gasteiger partial charge in [-0.1, -0.05) is 24.4 Å². The number of nitrogens with two attached hydrogens (primary N) is 1. The Bertz CT molecular complexity index is 413. The molecule has 17 heavy (non-hydrogen) atoms. The lowest BCUT2D eigenvalue weighted by molar-refractivity contribution is -0.137. The van der Waals surface area contributed by atoms with Gasteiger partial charge in [0.2, 0.25) is 0 Å². The molecule has 0 amide bonds. The van der Waals surface area contributed by atoms with Gasteiger partial charge in [-0.05, 0) is 36.1 Å². The molecule has 1 fully saturated rings. The summed E-state index contributed by atoms with van der Waals surface area (Å²) in [6, 6.07) is 2.91. The first-order chi connectivity index (χ1) is 7.88. The third-order valence-electron chi connectivity index (χ3n) is 3.01. The molecule has 1 aromatic carbocycles. The monoisotopic (exact) mass is 263 g/mol. The Balaban J connectivity index is 2.24. The van der Waals surface area contributed by atoms with Gasteiger partial charge >= 0.3 is 6.18 Å². The van der Waals surface area contributed by atoms with Gasteiger partial charge < -0.3 is 5.73 Å². The summed E-state index contributed by atoms with van der Waals surface area (Å²) >= 11 is 5.90. The summed E-state index contributed by atoms with van der Waals surface area (Å²) in [5.74, 6) is 0.551. The molecular weight excluding hydrogens is 251 g/mol. The second-order valence-electron chi connectivity index (χ2n) is 4.52. The predicted molar refractivity (Wildman–Crippen MR) is 60.7 cm³/mol. The fourth-order valence-electron chi connectivity index (χ4n) is 1.84. The van der Waals surface area contributed by atoms with E-state index in [1.165, 1.54) is 6.07 Å². The van der Waals surface area contributed by atoms with E-state index >= 15 is 0 Å². The van der Waals surface area contributed by atoms with Crippen molar-refractivity contribution in [1.82, 2.24) is 0 Å². The third kappa shape index (κ3) is 3.13. The zero-order chi connectivity index (χ0) is 12.6. The van der Waals surface area contributed by atoms with Crippen molar-refractivity contribution in [1.29, 1.82) is 0 Å². The van der Waals surface area contributed by atoms with E-state index in [9.17, 15) is 13.2 Å². The summed E-state index contributed by atoms with van der Waals surface area (Å²) < 4.78 is 37.7. The van der Waals surface area contributed by atoms with Crippen LogP contribution in [0.5, 0.6) is 0 Å². The second-order valence-corrected chi connectivity index (χ2v) is 4.93. The predicted octanol–water partition coefficient (Wildman–Crippen LogP) is 4.16. The van der Waals surface area contributed by atoms with Crippen LogP contribution < -0.4 is 5.73 Å². The number of rotatable bonds is 3. The molecule has 0 spiro atoms. The van der Waals surface area contributed by atoms with Crippen LogP contribution in [0.15, 0.2) is 18.2 Å². The Morgan fingerprint density at radius 1 is 1.35 bits per heavy atom. The first-order valence-corrected chi connectivity index (χ1v) is 5.88. The molecular formula is C12H13ClF3N. The first-order valence-electron chi connectivity index (χ1n) is 5.50. The maximum absolute atomic E-state index is 12.6. The summed E-state index contributed by atoms with van der Waals surface area (Å²) in [5, 5.41) is 0.311. The normalized spacial score (nSPS) is 18.2. The van der Waals surface area contributed by atoms with Crippen LogP contribution in [-0.2, 0) is 6.18 Å². The van der Waals surface area contributed by atoms with Crippen molar-refractivity contribution in [3.05, 3.63) is 34.3 Å². The molecule has 1 nitrogen and oxygen atoms in total. The Labute approximate surface area is 103 Å². The molecule has 0 radical (unpaired) electrons. The van der Waals surface area contributed by atoms with Crippen molar-refractivity contribution in [3.8, 4) is 0 Å². The lowest BCUT2D eigenvalue weighted by atomic mass is 10.00. The zero-order valence-electron chi connectivity index (χ0n) is 9.10. The van der Waals surface area contributed by atoms with Gasteiger partial charge in [-0.3, -0.25) is 0 Å². The highest BCUT2D eigenvalue weighted by Gasteiger charge is 2.32. The molecule has 0 unspecified atom stereocenters. The van der Waals surface area contributed by atoms with Crippen molar-refractivity contribution in [2.45, 2.75) is 31.5 Å². The molecule has 0 saturated heterocycles. The van der Waals surface area contributed by atoms with Gasteiger partial charge in [0.05, 0.1) is 5.56 Å². The maximum Gasteiger partial charge on any atom is 0.416 e. The van der Waals surface area contributed by atoms with Crippen LogP contribution in [0.1, 0.15) is 36.4 Å². The smallest absolute Gasteiger partial charge is 0.324 e. The molecule has 1 aliphatic carbocycles. The lowest BCUT2D eigenvalue weighted by Gasteiger charge is -2.16. The molecule has 1 saturated carbocycles. The van der Waals surface area contributed by atoms with Crippen LogP contribution in [-0.4, -0.2) is 0 Å². The molecule has 0 heterocycles. The largest absolute Gasteiger partial charge is 0.416 e. The van der Waals surface area contributed by atoms with Crippen molar-refractivity contribution in [2.24, 2.45) is 11.7 Å². The molecule has 1 aliphatic rings. The van der Waals surface area contributed by atoms with Gasteiger partial charge in [0.15, 0.2) is 0 Å². The number of benzene rings is 1. The van der Waals surface area contributed by atoms with Crippen LogP contribution >= 0.6 is 11.6 Å². The zero-order valence-corrected chi connectivity index (χ0v) is 9.85. The summed E-state index contributed by atoms with van der Waals surface area (Å²) in [7, 11) is 0. The minimum atomic E-state index is -4.35. The summed E-state index contributed by atoms with van der Waals surface area (Å²) in [6.07, 6.45) is -1.41. The first kappa shape index (κ1) is 12.7. The van der Waals surface area contributed by atoms with E-state index in [0.717, 1.165) is 25.0 Å². The highest BCUT2D eigenvalue weighted by atomic mass is 35.5. The highest BCUT2D eigenvalue weighted by molar-refractivity contribution is 6.31. The summed E-state index contributed by atoms with van der Waals surface area (Å²) in [4.78, 5) is 0. The standard InChI is InChI=1S/C12H13ClF3N/c13-10-4-3-8(12(14,15)16)6-9(10)11(17)5-7-1-2-7/h3-4,6-7,11H,1-2,5,17H2/t11-/m0/s1. The average Bonchev–Trinajstić information content (AvgIpc) is 3.00. The van der Waals surface area contributed by atoms with Gasteiger partial charge in [-0.25, -0.2) is 0 Å². The topological polar surface area (TPSA) is 26.0 Å².